The number of hydrogen-bond acceptors (Lipinski definition) is 6. The van der Waals surface area contributed by atoms with Crippen molar-refractivity contribution in [1.82, 2.24) is 5.32 Å². The molecule has 1 amide bonds. The van der Waals surface area contributed by atoms with Crippen molar-refractivity contribution in [2.45, 2.75) is 122 Å². The molecule has 12 atom stereocenters. The second kappa shape index (κ2) is 10.2. The molecule has 0 radical (unpaired) electrons. The number of aliphatic hydroxyl groups is 3. The van der Waals surface area contributed by atoms with E-state index in [0.717, 1.165) is 38.5 Å². The van der Waals surface area contributed by atoms with Crippen LogP contribution >= 0.6 is 0 Å². The number of fused-ring (bicyclic) bond motifs is 5. The molecule has 0 spiro atoms. The Morgan fingerprint density at radius 2 is 1.69 bits per heavy atom. The Hall–Kier alpha value is -0.740. The molecule has 0 aromatic carbocycles. The second-order valence-corrected chi connectivity index (χ2v) is 16.2. The van der Waals surface area contributed by atoms with Crippen LogP contribution in [0.5, 0.6) is 0 Å². The Balaban J connectivity index is 1.30. The van der Waals surface area contributed by atoms with E-state index in [1.165, 1.54) is 0 Å². The third kappa shape index (κ3) is 5.10. The molecule has 5 fully saturated rings. The van der Waals surface area contributed by atoms with Gasteiger partial charge in [-0.05, 0) is 110 Å². The molecule has 0 bridgehead atoms. The maximum atomic E-state index is 12.7. The van der Waals surface area contributed by atoms with Gasteiger partial charge in [-0.1, -0.05) is 34.1 Å². The first kappa shape index (κ1) is 29.7. The lowest BCUT2D eigenvalue weighted by Crippen LogP contribution is -2.65. The molecule has 12 unspecified atom stereocenters. The largest absolute Gasteiger partial charge is 0.393 e. The van der Waals surface area contributed by atoms with Gasteiger partial charge in [-0.15, -0.1) is 0 Å². The lowest BCUT2D eigenvalue weighted by Gasteiger charge is -2.65. The average molecular weight is 570 g/mol. The highest BCUT2D eigenvalue weighted by molar-refractivity contribution is 7.85. The minimum absolute atomic E-state index is 0.0225. The molecular formula is C30H51NO7S. The molecule has 5 rings (SSSR count). The summed E-state index contributed by atoms with van der Waals surface area (Å²) >= 11 is 0. The van der Waals surface area contributed by atoms with E-state index in [9.17, 15) is 33.1 Å². The fraction of sp³-hybridized carbons (Fsp3) is 0.967. The Bertz CT molecular complexity index is 1050. The van der Waals surface area contributed by atoms with Crippen LogP contribution in [0.25, 0.3) is 0 Å². The second-order valence-electron chi connectivity index (χ2n) is 14.8. The molecule has 39 heavy (non-hydrogen) atoms. The Morgan fingerprint density at radius 3 is 2.31 bits per heavy atom. The van der Waals surface area contributed by atoms with Crippen molar-refractivity contribution >= 4 is 16.0 Å². The summed E-state index contributed by atoms with van der Waals surface area (Å²) in [6, 6.07) is 0. The highest BCUT2D eigenvalue weighted by atomic mass is 32.2. The summed E-state index contributed by atoms with van der Waals surface area (Å²) < 4.78 is 31.9. The van der Waals surface area contributed by atoms with Crippen LogP contribution in [0, 0.1) is 52.3 Å². The van der Waals surface area contributed by atoms with Crippen molar-refractivity contribution in [3.63, 3.8) is 0 Å². The molecule has 0 aromatic rings. The maximum Gasteiger partial charge on any atom is 0.267 e. The van der Waals surface area contributed by atoms with Gasteiger partial charge in [0.2, 0.25) is 5.91 Å². The van der Waals surface area contributed by atoms with Crippen LogP contribution in [-0.2, 0) is 14.9 Å². The molecule has 8 nitrogen and oxygen atoms in total. The predicted octanol–water partition coefficient (Wildman–Crippen LogP) is 3.54. The van der Waals surface area contributed by atoms with E-state index in [0.29, 0.717) is 25.7 Å². The first-order valence-corrected chi connectivity index (χ1v) is 17.1. The standard InChI is InChI=1S/C30H51NO7S/c1-5-19-22-14-18(32)10-11-28(22,3)23-15-24(33)29(4)20(7-8-21(29)26(23)27(19)35)17(2)6-9-25(34)31-30(12-13-30)16-39(36,37)38/h17-24,26-27,32-33,35H,5-16H2,1-4H3,(H,31,34)(H,36,37,38). The zero-order valence-corrected chi connectivity index (χ0v) is 25.0. The molecular weight excluding hydrogens is 518 g/mol. The van der Waals surface area contributed by atoms with Crippen molar-refractivity contribution < 1.29 is 33.1 Å². The van der Waals surface area contributed by atoms with Gasteiger partial charge in [0.1, 0.15) is 0 Å². The zero-order chi connectivity index (χ0) is 28.5. The quantitative estimate of drug-likeness (QED) is 0.281. The number of carbonyl (C=O) groups is 1. The van der Waals surface area contributed by atoms with Gasteiger partial charge in [0.25, 0.3) is 10.1 Å². The number of hydrogen-bond donors (Lipinski definition) is 5. The van der Waals surface area contributed by atoms with Crippen LogP contribution in [0.1, 0.15) is 98.3 Å². The third-order valence-electron chi connectivity index (χ3n) is 12.8. The molecule has 9 heteroatoms. The number of aliphatic hydroxyl groups excluding tert-OH is 3. The van der Waals surface area contributed by atoms with Crippen LogP contribution in [0.3, 0.4) is 0 Å². The van der Waals surface area contributed by atoms with Crippen LogP contribution < -0.4 is 5.32 Å². The van der Waals surface area contributed by atoms with Crippen molar-refractivity contribution in [2.24, 2.45) is 52.3 Å². The lowest BCUT2D eigenvalue weighted by atomic mass is 9.41. The van der Waals surface area contributed by atoms with Gasteiger partial charge in [-0.25, -0.2) is 0 Å². The highest BCUT2D eigenvalue weighted by Gasteiger charge is 2.67. The summed E-state index contributed by atoms with van der Waals surface area (Å²) in [6.07, 6.45) is 6.92. The van der Waals surface area contributed by atoms with Crippen LogP contribution in [0.2, 0.25) is 0 Å². The predicted molar refractivity (Wildman–Crippen MR) is 148 cm³/mol. The first-order chi connectivity index (χ1) is 18.1. The van der Waals surface area contributed by atoms with Crippen molar-refractivity contribution in [1.29, 1.82) is 0 Å². The Labute approximate surface area is 234 Å². The monoisotopic (exact) mass is 569 g/mol. The van der Waals surface area contributed by atoms with Gasteiger partial charge in [0, 0.05) is 6.42 Å². The van der Waals surface area contributed by atoms with Crippen LogP contribution in [-0.4, -0.2) is 63.8 Å². The minimum Gasteiger partial charge on any atom is -0.393 e. The summed E-state index contributed by atoms with van der Waals surface area (Å²) in [4.78, 5) is 12.7. The first-order valence-electron chi connectivity index (χ1n) is 15.5. The van der Waals surface area contributed by atoms with E-state index >= 15 is 0 Å². The van der Waals surface area contributed by atoms with E-state index in [1.807, 2.05) is 0 Å². The number of amides is 1. The summed E-state index contributed by atoms with van der Waals surface area (Å²) in [5.74, 6) is 0.901. The summed E-state index contributed by atoms with van der Waals surface area (Å²) in [5.41, 5.74) is -1.12. The van der Waals surface area contributed by atoms with Crippen LogP contribution in [0.15, 0.2) is 0 Å². The molecule has 224 valence electrons. The Morgan fingerprint density at radius 1 is 1.00 bits per heavy atom. The lowest BCUT2D eigenvalue weighted by molar-refractivity contribution is -0.228. The molecule has 0 heterocycles. The number of carbonyl (C=O) groups excluding carboxylic acids is 1. The molecule has 5 N–H and O–H groups in total. The zero-order valence-electron chi connectivity index (χ0n) is 24.2. The van der Waals surface area contributed by atoms with Gasteiger partial charge in [0.15, 0.2) is 0 Å². The average Bonchev–Trinajstić information content (AvgIpc) is 3.47. The van der Waals surface area contributed by atoms with E-state index in [-0.39, 0.29) is 70.7 Å². The SMILES string of the molecule is CCC1C(O)C2C(CC(O)C3(C)C(C(C)CCC(=O)NC4(CS(=O)(=O)O)CC4)CCC23)C2(C)CCC(O)CC12. The van der Waals surface area contributed by atoms with E-state index in [1.54, 1.807) is 0 Å². The van der Waals surface area contributed by atoms with Gasteiger partial charge in [-0.2, -0.15) is 8.42 Å². The molecule has 0 saturated heterocycles. The van der Waals surface area contributed by atoms with Gasteiger partial charge in [-0.3, -0.25) is 9.35 Å². The van der Waals surface area contributed by atoms with Crippen molar-refractivity contribution in [3.05, 3.63) is 0 Å². The van der Waals surface area contributed by atoms with E-state index in [2.05, 4.69) is 33.0 Å². The summed E-state index contributed by atoms with van der Waals surface area (Å²) in [7, 11) is -4.15. The van der Waals surface area contributed by atoms with Gasteiger partial charge in [0.05, 0.1) is 29.6 Å². The number of rotatable bonds is 8. The molecule has 0 aromatic heterocycles. The molecule has 5 saturated carbocycles. The summed E-state index contributed by atoms with van der Waals surface area (Å²) in [6.45, 7) is 8.93. The minimum atomic E-state index is -4.15. The van der Waals surface area contributed by atoms with E-state index in [4.69, 9.17) is 0 Å². The van der Waals surface area contributed by atoms with Gasteiger partial charge >= 0.3 is 0 Å². The van der Waals surface area contributed by atoms with Crippen LogP contribution in [0.4, 0.5) is 0 Å². The van der Waals surface area contributed by atoms with Crippen molar-refractivity contribution in [3.8, 4) is 0 Å². The van der Waals surface area contributed by atoms with E-state index < -0.39 is 33.6 Å². The normalized spacial score (nSPS) is 47.4. The third-order valence-corrected chi connectivity index (χ3v) is 13.7. The fourth-order valence-electron chi connectivity index (χ4n) is 10.6. The maximum absolute atomic E-state index is 12.7. The topological polar surface area (TPSA) is 144 Å². The molecule has 5 aliphatic rings. The molecule has 0 aliphatic heterocycles. The van der Waals surface area contributed by atoms with Gasteiger partial charge < -0.3 is 20.6 Å². The number of nitrogens with one attached hydrogen (secondary N) is 1. The molecule has 5 aliphatic carbocycles. The fourth-order valence-corrected chi connectivity index (χ4v) is 11.7. The smallest absolute Gasteiger partial charge is 0.267 e. The highest BCUT2D eigenvalue weighted by Crippen LogP contribution is 2.69. The summed E-state index contributed by atoms with van der Waals surface area (Å²) in [5, 5.41) is 37.0. The van der Waals surface area contributed by atoms with Crippen molar-refractivity contribution in [2.75, 3.05) is 5.75 Å². The Kier molecular flexibility index (Phi) is 7.79.